The minimum atomic E-state index is 0.837. The number of imidazole rings is 1. The Balaban J connectivity index is 2.14. The van der Waals surface area contributed by atoms with Crippen LogP contribution in [0.4, 0.5) is 0 Å². The van der Waals surface area contributed by atoms with E-state index in [1.165, 1.54) is 11.1 Å². The van der Waals surface area contributed by atoms with Gasteiger partial charge in [-0.25, -0.2) is 9.97 Å². The maximum atomic E-state index is 4.52. The van der Waals surface area contributed by atoms with Gasteiger partial charge in [-0.3, -0.25) is 0 Å². The van der Waals surface area contributed by atoms with E-state index in [0.29, 0.717) is 0 Å². The third kappa shape index (κ3) is 1.78. The molecule has 0 unspecified atom stereocenters. The SMILES string of the molecule is Cc1ccnc2nc(C)n(Cc3ccccc3)c12. The highest BCUT2D eigenvalue weighted by atomic mass is 15.1. The lowest BCUT2D eigenvalue weighted by Gasteiger charge is -2.08. The number of nitrogens with zero attached hydrogens (tertiary/aromatic N) is 3. The monoisotopic (exact) mass is 237 g/mol. The molecule has 0 aliphatic rings. The minimum absolute atomic E-state index is 0.837. The number of hydrogen-bond donors (Lipinski definition) is 0. The zero-order chi connectivity index (χ0) is 12.5. The lowest BCUT2D eigenvalue weighted by atomic mass is 10.2. The van der Waals surface area contributed by atoms with Crippen molar-refractivity contribution in [3.8, 4) is 0 Å². The molecular formula is C15H15N3. The summed E-state index contributed by atoms with van der Waals surface area (Å²) in [4.78, 5) is 8.86. The molecule has 0 amide bonds. The van der Waals surface area contributed by atoms with Crippen molar-refractivity contribution in [3.63, 3.8) is 0 Å². The van der Waals surface area contributed by atoms with Gasteiger partial charge in [0.15, 0.2) is 5.65 Å². The number of pyridine rings is 1. The molecule has 3 aromatic rings. The zero-order valence-electron chi connectivity index (χ0n) is 10.6. The molecule has 3 heteroatoms. The number of rotatable bonds is 2. The predicted molar refractivity (Wildman–Crippen MR) is 72.5 cm³/mol. The Kier molecular flexibility index (Phi) is 2.59. The highest BCUT2D eigenvalue weighted by Gasteiger charge is 2.10. The first-order valence-electron chi connectivity index (χ1n) is 6.08. The van der Waals surface area contributed by atoms with Gasteiger partial charge in [-0.1, -0.05) is 30.3 Å². The van der Waals surface area contributed by atoms with Crippen LogP contribution >= 0.6 is 0 Å². The van der Waals surface area contributed by atoms with Gasteiger partial charge >= 0.3 is 0 Å². The van der Waals surface area contributed by atoms with Crippen LogP contribution in [-0.4, -0.2) is 14.5 Å². The summed E-state index contributed by atoms with van der Waals surface area (Å²) in [6.07, 6.45) is 1.82. The third-order valence-corrected chi connectivity index (χ3v) is 3.22. The summed E-state index contributed by atoms with van der Waals surface area (Å²) in [6.45, 7) is 4.98. The van der Waals surface area contributed by atoms with Gasteiger partial charge in [-0.05, 0) is 31.0 Å². The summed E-state index contributed by atoms with van der Waals surface area (Å²) >= 11 is 0. The van der Waals surface area contributed by atoms with Gasteiger partial charge < -0.3 is 4.57 Å². The van der Waals surface area contributed by atoms with Gasteiger partial charge in [0.25, 0.3) is 0 Å². The summed E-state index contributed by atoms with van der Waals surface area (Å²) in [5.41, 5.74) is 4.47. The van der Waals surface area contributed by atoms with E-state index in [1.807, 2.05) is 25.3 Å². The second-order valence-electron chi connectivity index (χ2n) is 4.53. The van der Waals surface area contributed by atoms with Crippen molar-refractivity contribution in [2.75, 3.05) is 0 Å². The van der Waals surface area contributed by atoms with Crippen LogP contribution in [0.3, 0.4) is 0 Å². The smallest absolute Gasteiger partial charge is 0.178 e. The molecule has 0 saturated carbocycles. The van der Waals surface area contributed by atoms with Gasteiger partial charge in [0.2, 0.25) is 0 Å². The first-order valence-corrected chi connectivity index (χ1v) is 6.08. The molecule has 1 aromatic carbocycles. The van der Waals surface area contributed by atoms with Gasteiger partial charge in [-0.15, -0.1) is 0 Å². The molecule has 2 heterocycles. The molecule has 3 nitrogen and oxygen atoms in total. The Labute approximate surface area is 106 Å². The van der Waals surface area contributed by atoms with E-state index in [1.54, 1.807) is 0 Å². The van der Waals surface area contributed by atoms with Gasteiger partial charge in [0, 0.05) is 12.7 Å². The molecule has 0 fully saturated rings. The van der Waals surface area contributed by atoms with Crippen LogP contribution in [0.5, 0.6) is 0 Å². The third-order valence-electron chi connectivity index (χ3n) is 3.22. The van der Waals surface area contributed by atoms with E-state index in [2.05, 4.69) is 45.7 Å². The fourth-order valence-electron chi connectivity index (χ4n) is 2.29. The van der Waals surface area contributed by atoms with Crippen LogP contribution in [0.25, 0.3) is 11.2 Å². The predicted octanol–water partition coefficient (Wildman–Crippen LogP) is 3.10. The van der Waals surface area contributed by atoms with Crippen LogP contribution in [-0.2, 0) is 6.54 Å². The highest BCUT2D eigenvalue weighted by molar-refractivity contribution is 5.75. The van der Waals surface area contributed by atoms with E-state index >= 15 is 0 Å². The van der Waals surface area contributed by atoms with Gasteiger partial charge in [-0.2, -0.15) is 0 Å². The summed E-state index contributed by atoms with van der Waals surface area (Å²) < 4.78 is 2.23. The maximum Gasteiger partial charge on any atom is 0.178 e. The van der Waals surface area contributed by atoms with Crippen LogP contribution in [0.1, 0.15) is 17.0 Å². The lowest BCUT2D eigenvalue weighted by molar-refractivity contribution is 0.784. The topological polar surface area (TPSA) is 30.7 Å². The lowest BCUT2D eigenvalue weighted by Crippen LogP contribution is -2.02. The number of hydrogen-bond acceptors (Lipinski definition) is 2. The van der Waals surface area contributed by atoms with E-state index in [-0.39, 0.29) is 0 Å². The van der Waals surface area contributed by atoms with Crippen molar-refractivity contribution in [3.05, 3.63) is 59.5 Å². The van der Waals surface area contributed by atoms with Crippen molar-refractivity contribution >= 4 is 11.2 Å². The van der Waals surface area contributed by atoms with Crippen LogP contribution in [0.15, 0.2) is 42.6 Å². The number of fused-ring (bicyclic) bond motifs is 1. The summed E-state index contributed by atoms with van der Waals surface area (Å²) in [5, 5.41) is 0. The minimum Gasteiger partial charge on any atom is -0.322 e. The molecular weight excluding hydrogens is 222 g/mol. The Morgan fingerprint density at radius 2 is 1.83 bits per heavy atom. The van der Waals surface area contributed by atoms with Crippen molar-refractivity contribution in [2.45, 2.75) is 20.4 Å². The Morgan fingerprint density at radius 1 is 1.06 bits per heavy atom. The Morgan fingerprint density at radius 3 is 2.61 bits per heavy atom. The van der Waals surface area contributed by atoms with E-state index in [9.17, 15) is 0 Å². The normalized spacial score (nSPS) is 11.0. The zero-order valence-corrected chi connectivity index (χ0v) is 10.6. The number of benzene rings is 1. The summed E-state index contributed by atoms with van der Waals surface area (Å²) in [7, 11) is 0. The van der Waals surface area contributed by atoms with Crippen LogP contribution in [0.2, 0.25) is 0 Å². The molecule has 3 rings (SSSR count). The molecule has 0 saturated heterocycles. The van der Waals surface area contributed by atoms with E-state index in [0.717, 1.165) is 23.5 Å². The summed E-state index contributed by atoms with van der Waals surface area (Å²) in [5.74, 6) is 1.01. The van der Waals surface area contributed by atoms with Crippen LogP contribution in [0, 0.1) is 13.8 Å². The van der Waals surface area contributed by atoms with Crippen molar-refractivity contribution in [1.29, 1.82) is 0 Å². The molecule has 2 aromatic heterocycles. The standard InChI is InChI=1S/C15H15N3/c1-11-8-9-16-15-14(11)18(12(2)17-15)10-13-6-4-3-5-7-13/h3-9H,10H2,1-2H3. The quantitative estimate of drug-likeness (QED) is 0.685. The second kappa shape index (κ2) is 4.26. The number of aromatic nitrogens is 3. The van der Waals surface area contributed by atoms with Crippen LogP contribution < -0.4 is 0 Å². The fourth-order valence-corrected chi connectivity index (χ4v) is 2.29. The first kappa shape index (κ1) is 11.0. The first-order chi connectivity index (χ1) is 8.75. The second-order valence-corrected chi connectivity index (χ2v) is 4.53. The highest BCUT2D eigenvalue weighted by Crippen LogP contribution is 2.19. The molecule has 0 N–H and O–H groups in total. The molecule has 0 radical (unpaired) electrons. The van der Waals surface area contributed by atoms with Gasteiger partial charge in [0.1, 0.15) is 5.82 Å². The average molecular weight is 237 g/mol. The molecule has 0 bridgehead atoms. The fraction of sp³-hybridized carbons (Fsp3) is 0.200. The Hall–Kier alpha value is -2.16. The number of aryl methyl sites for hydroxylation is 2. The molecule has 0 aliphatic carbocycles. The largest absolute Gasteiger partial charge is 0.322 e. The van der Waals surface area contributed by atoms with Crippen molar-refractivity contribution in [1.82, 2.24) is 14.5 Å². The summed E-state index contributed by atoms with van der Waals surface area (Å²) in [6, 6.07) is 12.5. The molecule has 0 atom stereocenters. The van der Waals surface area contributed by atoms with Crippen molar-refractivity contribution in [2.24, 2.45) is 0 Å². The average Bonchev–Trinajstić information content (AvgIpc) is 2.69. The van der Waals surface area contributed by atoms with E-state index < -0.39 is 0 Å². The molecule has 90 valence electrons. The maximum absolute atomic E-state index is 4.52. The van der Waals surface area contributed by atoms with Gasteiger partial charge in [0.05, 0.1) is 5.52 Å². The molecule has 18 heavy (non-hydrogen) atoms. The van der Waals surface area contributed by atoms with Crippen molar-refractivity contribution < 1.29 is 0 Å². The Bertz CT molecular complexity index is 684. The molecule has 0 aliphatic heterocycles. The molecule has 0 spiro atoms. The van der Waals surface area contributed by atoms with E-state index in [4.69, 9.17) is 0 Å².